The van der Waals surface area contributed by atoms with Gasteiger partial charge in [0.2, 0.25) is 0 Å². The summed E-state index contributed by atoms with van der Waals surface area (Å²) < 4.78 is 85.2. The van der Waals surface area contributed by atoms with E-state index in [4.69, 9.17) is 5.73 Å². The van der Waals surface area contributed by atoms with Crippen molar-refractivity contribution in [2.75, 3.05) is 19.6 Å². The predicted molar refractivity (Wildman–Crippen MR) is 47.1 cm³/mol. The molecular weight excluding hydrogens is 257 g/mol. The number of rotatable bonds is 7. The highest BCUT2D eigenvalue weighted by Gasteiger charge is 2.72. The first-order valence-electron chi connectivity index (χ1n) is 4.79. The van der Waals surface area contributed by atoms with Gasteiger partial charge in [-0.05, 0) is 13.0 Å². The van der Waals surface area contributed by atoms with Crippen LogP contribution >= 0.6 is 0 Å². The summed E-state index contributed by atoms with van der Waals surface area (Å²) >= 11 is 0. The minimum Gasteiger partial charge on any atom is -0.329 e. The summed E-state index contributed by atoms with van der Waals surface area (Å²) in [7, 11) is 0. The van der Waals surface area contributed by atoms with Gasteiger partial charge < -0.3 is 11.1 Å². The van der Waals surface area contributed by atoms with Gasteiger partial charge in [0.1, 0.15) is 0 Å². The van der Waals surface area contributed by atoms with Gasteiger partial charge in [-0.25, -0.2) is 0 Å². The molecule has 2 nitrogen and oxygen atoms in total. The van der Waals surface area contributed by atoms with Gasteiger partial charge in [-0.15, -0.1) is 0 Å². The molecule has 0 unspecified atom stereocenters. The molecule has 0 atom stereocenters. The zero-order chi connectivity index (χ0) is 13.7. The van der Waals surface area contributed by atoms with Crippen molar-refractivity contribution in [3.05, 3.63) is 0 Å². The average molecular weight is 270 g/mol. The molecule has 17 heavy (non-hydrogen) atoms. The van der Waals surface area contributed by atoms with Crippen molar-refractivity contribution in [3.8, 4) is 0 Å². The fourth-order valence-corrected chi connectivity index (χ4v) is 1.03. The Balaban J connectivity index is 4.28. The molecule has 0 aromatic carbocycles. The highest BCUT2D eigenvalue weighted by Crippen LogP contribution is 2.48. The number of hydrogen-bond donors (Lipinski definition) is 2. The van der Waals surface area contributed by atoms with Crippen molar-refractivity contribution in [1.29, 1.82) is 0 Å². The number of alkyl halides is 7. The van der Waals surface area contributed by atoms with E-state index >= 15 is 0 Å². The molecule has 104 valence electrons. The summed E-state index contributed by atoms with van der Waals surface area (Å²) in [6, 6.07) is 0. The maximum Gasteiger partial charge on any atom is 0.459 e. The second-order valence-corrected chi connectivity index (χ2v) is 3.42. The standard InChI is InChI=1S/C8H13F7N2/c9-6(10,2-1-4-17-5-3-16)7(11,12)8(13,14)15/h17H,1-5,16H2. The fourth-order valence-electron chi connectivity index (χ4n) is 1.03. The van der Waals surface area contributed by atoms with Crippen LogP contribution in [0.15, 0.2) is 0 Å². The SMILES string of the molecule is NCCNCCCC(F)(F)C(F)(F)C(F)(F)F. The van der Waals surface area contributed by atoms with Crippen LogP contribution in [-0.4, -0.2) is 37.7 Å². The molecule has 0 fully saturated rings. The molecule has 9 heteroatoms. The minimum absolute atomic E-state index is 0.0965. The predicted octanol–water partition coefficient (Wildman–Crippen LogP) is 2.15. The lowest BCUT2D eigenvalue weighted by Gasteiger charge is -2.28. The Hall–Kier alpha value is -0.570. The topological polar surface area (TPSA) is 38.0 Å². The molecule has 0 aliphatic rings. The van der Waals surface area contributed by atoms with Crippen molar-refractivity contribution in [2.24, 2.45) is 5.73 Å². The normalized spacial score (nSPS) is 14.1. The molecule has 0 radical (unpaired) electrons. The maximum atomic E-state index is 12.7. The van der Waals surface area contributed by atoms with E-state index in [9.17, 15) is 30.7 Å². The Bertz CT molecular complexity index is 226. The molecule has 0 saturated carbocycles. The Kier molecular flexibility index (Phi) is 5.66. The van der Waals surface area contributed by atoms with E-state index in [1.807, 2.05) is 0 Å². The minimum atomic E-state index is -6.25. The van der Waals surface area contributed by atoms with Crippen LogP contribution in [0.3, 0.4) is 0 Å². The molecule has 0 aliphatic carbocycles. The van der Waals surface area contributed by atoms with Crippen LogP contribution in [0.25, 0.3) is 0 Å². The quantitative estimate of drug-likeness (QED) is 0.549. The van der Waals surface area contributed by atoms with Crippen LogP contribution in [0.1, 0.15) is 12.8 Å². The molecule has 0 aliphatic heterocycles. The number of nitrogens with one attached hydrogen (secondary N) is 1. The Morgan fingerprint density at radius 1 is 0.882 bits per heavy atom. The number of hydrogen-bond acceptors (Lipinski definition) is 2. The van der Waals surface area contributed by atoms with Crippen LogP contribution < -0.4 is 11.1 Å². The lowest BCUT2D eigenvalue weighted by molar-refractivity contribution is -0.355. The van der Waals surface area contributed by atoms with E-state index in [-0.39, 0.29) is 19.6 Å². The average Bonchev–Trinajstić information content (AvgIpc) is 2.15. The van der Waals surface area contributed by atoms with Crippen LogP contribution in [0.4, 0.5) is 30.7 Å². The van der Waals surface area contributed by atoms with Gasteiger partial charge in [0.05, 0.1) is 0 Å². The molecule has 3 N–H and O–H groups in total. The Morgan fingerprint density at radius 3 is 1.82 bits per heavy atom. The second-order valence-electron chi connectivity index (χ2n) is 3.42. The van der Waals surface area contributed by atoms with E-state index in [0.717, 1.165) is 0 Å². The number of nitrogens with two attached hydrogens (primary N) is 1. The van der Waals surface area contributed by atoms with Gasteiger partial charge in [0, 0.05) is 19.5 Å². The van der Waals surface area contributed by atoms with E-state index in [2.05, 4.69) is 5.32 Å². The summed E-state index contributed by atoms with van der Waals surface area (Å²) in [5.74, 6) is -11.1. The molecule has 0 spiro atoms. The highest BCUT2D eigenvalue weighted by atomic mass is 19.4. The van der Waals surface area contributed by atoms with Gasteiger partial charge in [0.25, 0.3) is 0 Å². The van der Waals surface area contributed by atoms with E-state index in [1.54, 1.807) is 0 Å². The van der Waals surface area contributed by atoms with Crippen molar-refractivity contribution in [1.82, 2.24) is 5.32 Å². The third-order valence-corrected chi connectivity index (χ3v) is 1.98. The second kappa shape index (κ2) is 5.85. The van der Waals surface area contributed by atoms with Crippen molar-refractivity contribution in [2.45, 2.75) is 30.9 Å². The first kappa shape index (κ1) is 16.4. The van der Waals surface area contributed by atoms with Crippen molar-refractivity contribution >= 4 is 0 Å². The van der Waals surface area contributed by atoms with Crippen LogP contribution in [0.5, 0.6) is 0 Å². The van der Waals surface area contributed by atoms with Crippen LogP contribution in [-0.2, 0) is 0 Å². The summed E-state index contributed by atoms with van der Waals surface area (Å²) in [4.78, 5) is 0. The molecule has 0 amide bonds. The summed E-state index contributed by atoms with van der Waals surface area (Å²) in [6.07, 6.45) is -8.29. The highest BCUT2D eigenvalue weighted by molar-refractivity contribution is 4.90. The number of halogens is 7. The van der Waals surface area contributed by atoms with Crippen LogP contribution in [0, 0.1) is 0 Å². The molecule has 0 bridgehead atoms. The smallest absolute Gasteiger partial charge is 0.329 e. The zero-order valence-corrected chi connectivity index (χ0v) is 8.76. The largest absolute Gasteiger partial charge is 0.459 e. The Labute approximate surface area is 93.3 Å². The summed E-state index contributed by atoms with van der Waals surface area (Å²) in [6.45, 7) is 0.400. The molecule has 0 aromatic rings. The zero-order valence-electron chi connectivity index (χ0n) is 8.76. The van der Waals surface area contributed by atoms with E-state index in [0.29, 0.717) is 0 Å². The fraction of sp³-hybridized carbons (Fsp3) is 1.00. The van der Waals surface area contributed by atoms with Crippen molar-refractivity contribution in [3.63, 3.8) is 0 Å². The summed E-state index contributed by atoms with van der Waals surface area (Å²) in [5, 5.41) is 2.51. The first-order valence-corrected chi connectivity index (χ1v) is 4.79. The first-order chi connectivity index (χ1) is 7.56. The van der Waals surface area contributed by atoms with Gasteiger partial charge in [0.15, 0.2) is 0 Å². The third-order valence-electron chi connectivity index (χ3n) is 1.98. The van der Waals surface area contributed by atoms with Gasteiger partial charge in [-0.3, -0.25) is 0 Å². The summed E-state index contributed by atoms with van der Waals surface area (Å²) in [5.41, 5.74) is 5.04. The van der Waals surface area contributed by atoms with Crippen molar-refractivity contribution < 1.29 is 30.7 Å². The molecular formula is C8H13F7N2. The maximum absolute atomic E-state index is 12.7. The van der Waals surface area contributed by atoms with Gasteiger partial charge in [-0.2, -0.15) is 30.7 Å². The third kappa shape index (κ3) is 4.30. The molecule has 0 saturated heterocycles. The monoisotopic (exact) mass is 270 g/mol. The van der Waals surface area contributed by atoms with Gasteiger partial charge >= 0.3 is 18.0 Å². The molecule has 0 rings (SSSR count). The van der Waals surface area contributed by atoms with Gasteiger partial charge in [-0.1, -0.05) is 0 Å². The lowest BCUT2D eigenvalue weighted by Crippen LogP contribution is -2.52. The van der Waals surface area contributed by atoms with Crippen LogP contribution in [0.2, 0.25) is 0 Å². The van der Waals surface area contributed by atoms with E-state index in [1.165, 1.54) is 0 Å². The Morgan fingerprint density at radius 2 is 1.41 bits per heavy atom. The van der Waals surface area contributed by atoms with E-state index < -0.39 is 30.9 Å². The molecule has 0 heterocycles. The lowest BCUT2D eigenvalue weighted by atomic mass is 10.1. The molecule has 0 aromatic heterocycles.